The largest absolute Gasteiger partial charge is 0.396 e. The van der Waals surface area contributed by atoms with E-state index in [0.717, 1.165) is 17.5 Å². The summed E-state index contributed by atoms with van der Waals surface area (Å²) in [5, 5.41) is 12.4. The van der Waals surface area contributed by atoms with Crippen molar-refractivity contribution in [3.8, 4) is 0 Å². The first-order valence-electron chi connectivity index (χ1n) is 6.45. The minimum absolute atomic E-state index is 0.00194. The lowest BCUT2D eigenvalue weighted by molar-refractivity contribution is 0.255. The molecule has 0 aliphatic heterocycles. The molecule has 0 bridgehead atoms. The zero-order valence-corrected chi connectivity index (χ0v) is 11.1. The smallest absolute Gasteiger partial charge is 0.123 e. The standard InChI is InChI=1S/C14H23FN2O/c1-3-12(6-7-18)17-14(9-16)13-5-4-11(15)8-10(13)2/h4-5,8,12,14,17-18H,3,6-7,9,16H2,1-2H3. The van der Waals surface area contributed by atoms with Crippen LogP contribution in [0.5, 0.6) is 0 Å². The highest BCUT2D eigenvalue weighted by atomic mass is 19.1. The number of benzene rings is 1. The monoisotopic (exact) mass is 254 g/mol. The predicted octanol–water partition coefficient (Wildman–Crippen LogP) is 1.88. The molecule has 2 unspecified atom stereocenters. The first-order chi connectivity index (χ1) is 8.62. The Kier molecular flexibility index (Phi) is 6.25. The van der Waals surface area contributed by atoms with Crippen LogP contribution in [0, 0.1) is 12.7 Å². The SMILES string of the molecule is CCC(CCO)NC(CN)c1ccc(F)cc1C. The van der Waals surface area contributed by atoms with Crippen LogP contribution in [0.3, 0.4) is 0 Å². The third-order valence-electron chi connectivity index (χ3n) is 3.25. The second kappa shape index (κ2) is 7.46. The van der Waals surface area contributed by atoms with Gasteiger partial charge in [-0.05, 0) is 43.0 Å². The molecule has 0 aliphatic carbocycles. The summed E-state index contributed by atoms with van der Waals surface area (Å²) in [6.45, 7) is 4.56. The van der Waals surface area contributed by atoms with E-state index in [1.165, 1.54) is 12.1 Å². The summed E-state index contributed by atoms with van der Waals surface area (Å²) >= 11 is 0. The van der Waals surface area contributed by atoms with Crippen molar-refractivity contribution >= 4 is 0 Å². The Morgan fingerprint density at radius 1 is 1.44 bits per heavy atom. The van der Waals surface area contributed by atoms with E-state index in [0.29, 0.717) is 13.0 Å². The fourth-order valence-corrected chi connectivity index (χ4v) is 2.16. The number of rotatable bonds is 7. The number of halogens is 1. The van der Waals surface area contributed by atoms with Crippen LogP contribution < -0.4 is 11.1 Å². The number of aryl methyl sites for hydroxylation is 1. The lowest BCUT2D eigenvalue weighted by atomic mass is 9.99. The molecule has 0 amide bonds. The maximum atomic E-state index is 13.1. The van der Waals surface area contributed by atoms with E-state index in [4.69, 9.17) is 10.8 Å². The van der Waals surface area contributed by atoms with E-state index in [1.807, 2.05) is 6.92 Å². The predicted molar refractivity (Wildman–Crippen MR) is 71.8 cm³/mol. The molecule has 1 rings (SSSR count). The third kappa shape index (κ3) is 4.05. The van der Waals surface area contributed by atoms with Gasteiger partial charge in [-0.1, -0.05) is 13.0 Å². The molecule has 0 fully saturated rings. The average Bonchev–Trinajstić information content (AvgIpc) is 2.35. The van der Waals surface area contributed by atoms with Crippen LogP contribution in [-0.2, 0) is 0 Å². The maximum Gasteiger partial charge on any atom is 0.123 e. The van der Waals surface area contributed by atoms with Crippen molar-refractivity contribution in [3.05, 3.63) is 35.1 Å². The second-order valence-corrected chi connectivity index (χ2v) is 4.57. The molecule has 0 spiro atoms. The Bertz CT molecular complexity index is 371. The van der Waals surface area contributed by atoms with Crippen molar-refractivity contribution in [2.75, 3.05) is 13.2 Å². The fraction of sp³-hybridized carbons (Fsp3) is 0.571. The number of hydrogen-bond acceptors (Lipinski definition) is 3. The van der Waals surface area contributed by atoms with Crippen molar-refractivity contribution < 1.29 is 9.50 Å². The molecular formula is C14H23FN2O. The summed E-state index contributed by atoms with van der Waals surface area (Å²) in [4.78, 5) is 0. The van der Waals surface area contributed by atoms with E-state index in [2.05, 4.69) is 12.2 Å². The van der Waals surface area contributed by atoms with Gasteiger partial charge in [0.15, 0.2) is 0 Å². The van der Waals surface area contributed by atoms with Crippen LogP contribution in [0.4, 0.5) is 4.39 Å². The quantitative estimate of drug-likeness (QED) is 0.696. The van der Waals surface area contributed by atoms with E-state index in [9.17, 15) is 4.39 Å². The lowest BCUT2D eigenvalue weighted by Gasteiger charge is -2.25. The van der Waals surface area contributed by atoms with Gasteiger partial charge in [0, 0.05) is 25.2 Å². The maximum absolute atomic E-state index is 13.1. The van der Waals surface area contributed by atoms with Gasteiger partial charge in [0.25, 0.3) is 0 Å². The fourth-order valence-electron chi connectivity index (χ4n) is 2.16. The molecule has 0 saturated carbocycles. The molecular weight excluding hydrogens is 231 g/mol. The number of hydrogen-bond donors (Lipinski definition) is 3. The molecule has 0 aliphatic rings. The van der Waals surface area contributed by atoms with Gasteiger partial charge in [0.1, 0.15) is 5.82 Å². The zero-order chi connectivity index (χ0) is 13.5. The highest BCUT2D eigenvalue weighted by Gasteiger charge is 2.16. The van der Waals surface area contributed by atoms with Gasteiger partial charge in [-0.3, -0.25) is 0 Å². The van der Waals surface area contributed by atoms with Crippen molar-refractivity contribution in [1.82, 2.24) is 5.32 Å². The molecule has 0 heterocycles. The summed E-state index contributed by atoms with van der Waals surface area (Å²) in [5.41, 5.74) is 7.72. The summed E-state index contributed by atoms with van der Waals surface area (Å²) in [5.74, 6) is -0.227. The lowest BCUT2D eigenvalue weighted by Crippen LogP contribution is -2.37. The van der Waals surface area contributed by atoms with Crippen LogP contribution >= 0.6 is 0 Å². The van der Waals surface area contributed by atoms with Gasteiger partial charge in [-0.2, -0.15) is 0 Å². The normalized spacial score (nSPS) is 14.5. The Hall–Kier alpha value is -0.970. The van der Waals surface area contributed by atoms with Crippen molar-refractivity contribution in [3.63, 3.8) is 0 Å². The van der Waals surface area contributed by atoms with E-state index in [-0.39, 0.29) is 24.5 Å². The molecule has 4 N–H and O–H groups in total. The summed E-state index contributed by atoms with van der Waals surface area (Å²) in [6, 6.07) is 4.99. The van der Waals surface area contributed by atoms with Gasteiger partial charge in [-0.15, -0.1) is 0 Å². The summed E-state index contributed by atoms with van der Waals surface area (Å²) in [6.07, 6.45) is 1.63. The van der Waals surface area contributed by atoms with Crippen molar-refractivity contribution in [2.45, 2.75) is 38.8 Å². The number of aliphatic hydroxyl groups is 1. The second-order valence-electron chi connectivity index (χ2n) is 4.57. The topological polar surface area (TPSA) is 58.3 Å². The molecule has 1 aromatic carbocycles. The van der Waals surface area contributed by atoms with Crippen LogP contribution in [-0.4, -0.2) is 24.3 Å². The van der Waals surface area contributed by atoms with Crippen molar-refractivity contribution in [2.24, 2.45) is 5.73 Å². The van der Waals surface area contributed by atoms with Gasteiger partial charge in [-0.25, -0.2) is 4.39 Å². The minimum atomic E-state index is -0.227. The van der Waals surface area contributed by atoms with Crippen LogP contribution in [0.1, 0.15) is 36.9 Å². The highest BCUT2D eigenvalue weighted by molar-refractivity contribution is 5.29. The molecule has 1 aromatic rings. The Labute approximate surface area is 108 Å². The molecule has 4 heteroatoms. The first kappa shape index (κ1) is 15.1. The Morgan fingerprint density at radius 2 is 2.17 bits per heavy atom. The van der Waals surface area contributed by atoms with Crippen molar-refractivity contribution in [1.29, 1.82) is 0 Å². The van der Waals surface area contributed by atoms with E-state index < -0.39 is 0 Å². The van der Waals surface area contributed by atoms with Gasteiger partial charge < -0.3 is 16.2 Å². The van der Waals surface area contributed by atoms with Gasteiger partial charge in [0.05, 0.1) is 0 Å². The van der Waals surface area contributed by atoms with Crippen LogP contribution in [0.2, 0.25) is 0 Å². The van der Waals surface area contributed by atoms with Gasteiger partial charge >= 0.3 is 0 Å². The number of nitrogens with one attached hydrogen (secondary N) is 1. The third-order valence-corrected chi connectivity index (χ3v) is 3.25. The molecule has 18 heavy (non-hydrogen) atoms. The molecule has 0 aromatic heterocycles. The Balaban J connectivity index is 2.81. The van der Waals surface area contributed by atoms with Gasteiger partial charge in [0.2, 0.25) is 0 Å². The average molecular weight is 254 g/mol. The molecule has 0 radical (unpaired) electrons. The van der Waals surface area contributed by atoms with E-state index >= 15 is 0 Å². The Morgan fingerprint density at radius 3 is 2.67 bits per heavy atom. The van der Waals surface area contributed by atoms with E-state index in [1.54, 1.807) is 6.07 Å². The molecule has 102 valence electrons. The number of nitrogens with two attached hydrogens (primary N) is 1. The molecule has 0 saturated heterocycles. The molecule has 3 nitrogen and oxygen atoms in total. The minimum Gasteiger partial charge on any atom is -0.396 e. The molecule has 2 atom stereocenters. The van der Waals surface area contributed by atoms with Crippen LogP contribution in [0.25, 0.3) is 0 Å². The highest BCUT2D eigenvalue weighted by Crippen LogP contribution is 2.19. The number of aliphatic hydroxyl groups excluding tert-OH is 1. The first-order valence-corrected chi connectivity index (χ1v) is 6.45. The zero-order valence-electron chi connectivity index (χ0n) is 11.1. The summed E-state index contributed by atoms with van der Waals surface area (Å²) < 4.78 is 13.1. The summed E-state index contributed by atoms with van der Waals surface area (Å²) in [7, 11) is 0. The van der Waals surface area contributed by atoms with Crippen LogP contribution in [0.15, 0.2) is 18.2 Å².